The van der Waals surface area contributed by atoms with E-state index in [1.54, 1.807) is 0 Å². The minimum absolute atomic E-state index is 0.873. The number of para-hydroxylation sites is 2. The average Bonchev–Trinajstić information content (AvgIpc) is 3.39. The third-order valence-corrected chi connectivity index (χ3v) is 8.60. The predicted molar refractivity (Wildman–Crippen MR) is 177 cm³/mol. The van der Waals surface area contributed by atoms with Gasteiger partial charge < -0.3 is 8.82 Å². The van der Waals surface area contributed by atoms with Crippen LogP contribution < -0.4 is 0 Å². The molecule has 9 aromatic rings. The zero-order valence-corrected chi connectivity index (χ0v) is 22.8. The van der Waals surface area contributed by atoms with Crippen molar-refractivity contribution in [2.45, 2.75) is 0 Å². The highest BCUT2D eigenvalue weighted by Gasteiger charge is 2.16. The largest absolute Gasteiger partial charge is 0.454 e. The van der Waals surface area contributed by atoms with Gasteiger partial charge in [-0.1, -0.05) is 127 Å². The lowest BCUT2D eigenvalue weighted by Gasteiger charge is -2.09. The highest BCUT2D eigenvalue weighted by atomic mass is 16.3. The molecule has 0 aliphatic heterocycles. The van der Waals surface area contributed by atoms with E-state index < -0.39 is 0 Å². The lowest BCUT2D eigenvalue weighted by molar-refractivity contribution is 0.665. The molecule has 0 radical (unpaired) electrons. The van der Waals surface area contributed by atoms with E-state index in [4.69, 9.17) is 4.42 Å². The minimum atomic E-state index is 0.873. The van der Waals surface area contributed by atoms with Crippen molar-refractivity contribution in [3.8, 4) is 22.3 Å². The summed E-state index contributed by atoms with van der Waals surface area (Å²) in [6.45, 7) is 0. The van der Waals surface area contributed by atoms with Crippen molar-refractivity contribution < 1.29 is 4.42 Å². The molecular formula is C40H25NO. The van der Waals surface area contributed by atoms with Crippen LogP contribution in [0, 0.1) is 0 Å². The van der Waals surface area contributed by atoms with Gasteiger partial charge in [-0.3, -0.25) is 0 Å². The van der Waals surface area contributed by atoms with Crippen molar-refractivity contribution >= 4 is 60.0 Å². The molecule has 0 aliphatic rings. The summed E-state index contributed by atoms with van der Waals surface area (Å²) in [6.07, 6.45) is 0. The van der Waals surface area contributed by atoms with E-state index in [1.165, 1.54) is 49.4 Å². The first kappa shape index (κ1) is 23.1. The monoisotopic (exact) mass is 535 g/mol. The van der Waals surface area contributed by atoms with Gasteiger partial charge in [0.15, 0.2) is 5.58 Å². The van der Waals surface area contributed by atoms with Crippen molar-refractivity contribution in [1.82, 2.24) is 4.40 Å². The zero-order valence-electron chi connectivity index (χ0n) is 22.8. The first-order valence-electron chi connectivity index (χ1n) is 14.4. The molecule has 0 saturated heterocycles. The number of nitrogens with zero attached hydrogens (tertiary/aromatic N) is 1. The van der Waals surface area contributed by atoms with Crippen molar-refractivity contribution in [1.29, 1.82) is 0 Å². The molecule has 0 spiro atoms. The van der Waals surface area contributed by atoms with E-state index >= 15 is 0 Å². The van der Waals surface area contributed by atoms with Crippen LogP contribution in [0.3, 0.4) is 0 Å². The SMILES string of the molecule is c1ccc(-c2ccc(-c3ccc4c(c3)c3cccc5c6ccccc6oc6c7ccccc7ccc6n4c53)cc2)cc1. The van der Waals surface area contributed by atoms with Gasteiger partial charge in [0, 0.05) is 26.9 Å². The molecule has 0 aliphatic carbocycles. The molecular weight excluding hydrogens is 510 g/mol. The molecule has 42 heavy (non-hydrogen) atoms. The summed E-state index contributed by atoms with van der Waals surface area (Å²) in [5, 5.41) is 7.01. The van der Waals surface area contributed by atoms with Crippen LogP contribution in [0.25, 0.3) is 82.3 Å². The number of hydrogen-bond acceptors (Lipinski definition) is 1. The summed E-state index contributed by atoms with van der Waals surface area (Å²) in [4.78, 5) is 0. The normalized spacial score (nSPS) is 11.8. The third kappa shape index (κ3) is 3.39. The van der Waals surface area contributed by atoms with Crippen molar-refractivity contribution in [2.75, 3.05) is 0 Å². The fourth-order valence-electron chi connectivity index (χ4n) is 6.60. The second kappa shape index (κ2) is 8.95. The molecule has 2 heterocycles. The van der Waals surface area contributed by atoms with Crippen LogP contribution in [0.2, 0.25) is 0 Å². The van der Waals surface area contributed by atoms with Gasteiger partial charge in [0.2, 0.25) is 0 Å². The quantitative estimate of drug-likeness (QED) is 0.215. The molecule has 2 nitrogen and oxygen atoms in total. The second-order valence-corrected chi connectivity index (χ2v) is 10.9. The summed E-state index contributed by atoms with van der Waals surface area (Å²) in [7, 11) is 0. The number of aromatic nitrogens is 1. The van der Waals surface area contributed by atoms with Gasteiger partial charge in [-0.15, -0.1) is 0 Å². The van der Waals surface area contributed by atoms with Gasteiger partial charge in [0.1, 0.15) is 5.58 Å². The summed E-state index contributed by atoms with van der Waals surface area (Å²) < 4.78 is 9.22. The van der Waals surface area contributed by atoms with E-state index in [0.29, 0.717) is 0 Å². The van der Waals surface area contributed by atoms with Crippen LogP contribution in [0.1, 0.15) is 0 Å². The Balaban J connectivity index is 1.39. The molecule has 9 rings (SSSR count). The van der Waals surface area contributed by atoms with Gasteiger partial charge in [0.05, 0.1) is 16.6 Å². The van der Waals surface area contributed by atoms with Crippen molar-refractivity contribution in [2.24, 2.45) is 0 Å². The van der Waals surface area contributed by atoms with Crippen LogP contribution in [0.5, 0.6) is 0 Å². The predicted octanol–water partition coefficient (Wildman–Crippen LogP) is 11.2. The number of rotatable bonds is 2. The summed E-state index contributed by atoms with van der Waals surface area (Å²) in [5.41, 5.74) is 10.0. The molecule has 2 aromatic heterocycles. The maximum atomic E-state index is 6.82. The smallest absolute Gasteiger partial charge is 0.159 e. The Morgan fingerprint density at radius 1 is 0.381 bits per heavy atom. The number of fused-ring (bicyclic) bond motifs is 9. The van der Waals surface area contributed by atoms with Crippen LogP contribution >= 0.6 is 0 Å². The van der Waals surface area contributed by atoms with Crippen molar-refractivity contribution in [3.63, 3.8) is 0 Å². The second-order valence-electron chi connectivity index (χ2n) is 10.9. The van der Waals surface area contributed by atoms with E-state index in [2.05, 4.69) is 156 Å². The Morgan fingerprint density at radius 3 is 1.81 bits per heavy atom. The van der Waals surface area contributed by atoms with Gasteiger partial charge in [-0.05, 0) is 51.9 Å². The molecule has 0 saturated carbocycles. The fraction of sp³-hybridized carbons (Fsp3) is 0. The van der Waals surface area contributed by atoms with E-state index in [1.807, 2.05) is 0 Å². The average molecular weight is 536 g/mol. The number of hydrogen-bond donors (Lipinski definition) is 0. The minimum Gasteiger partial charge on any atom is -0.454 e. The van der Waals surface area contributed by atoms with Crippen molar-refractivity contribution in [3.05, 3.63) is 152 Å². The Labute approximate surface area is 242 Å². The molecule has 2 heteroatoms. The van der Waals surface area contributed by atoms with Gasteiger partial charge in [-0.25, -0.2) is 0 Å². The maximum Gasteiger partial charge on any atom is 0.159 e. The Bertz CT molecular complexity index is 2500. The molecule has 7 aromatic carbocycles. The highest BCUT2D eigenvalue weighted by molar-refractivity contribution is 6.21. The fourth-order valence-corrected chi connectivity index (χ4v) is 6.60. The van der Waals surface area contributed by atoms with E-state index in [0.717, 1.165) is 32.8 Å². The van der Waals surface area contributed by atoms with E-state index in [-0.39, 0.29) is 0 Å². The van der Waals surface area contributed by atoms with Crippen LogP contribution in [0.15, 0.2) is 156 Å². The van der Waals surface area contributed by atoms with Gasteiger partial charge in [-0.2, -0.15) is 0 Å². The maximum absolute atomic E-state index is 6.82. The standard InChI is InChI=1S/C40H25NO/c1-2-9-26(10-3-1)27-17-19-28(20-18-27)30-22-23-36-35(25-30)34-15-8-14-33-32-13-6-7-16-38(32)42-40-31-12-5-4-11-29(31)21-24-37(40)41(36)39(33)34/h1-25H. The zero-order chi connectivity index (χ0) is 27.6. The molecule has 0 amide bonds. The Kier molecular flexibility index (Phi) is 4.93. The van der Waals surface area contributed by atoms with Crippen LogP contribution in [-0.2, 0) is 0 Å². The lowest BCUT2D eigenvalue weighted by atomic mass is 9.99. The Morgan fingerprint density at radius 2 is 0.976 bits per heavy atom. The topological polar surface area (TPSA) is 17.6 Å². The first-order chi connectivity index (χ1) is 20.8. The summed E-state index contributed by atoms with van der Waals surface area (Å²) >= 11 is 0. The van der Waals surface area contributed by atoms with Crippen LogP contribution in [0.4, 0.5) is 0 Å². The van der Waals surface area contributed by atoms with Crippen LogP contribution in [-0.4, -0.2) is 4.40 Å². The molecule has 196 valence electrons. The third-order valence-electron chi connectivity index (χ3n) is 8.60. The lowest BCUT2D eigenvalue weighted by Crippen LogP contribution is -1.89. The summed E-state index contributed by atoms with van der Waals surface area (Å²) in [6, 6.07) is 54.2. The highest BCUT2D eigenvalue weighted by Crippen LogP contribution is 2.39. The molecule has 0 atom stereocenters. The molecule has 0 fully saturated rings. The molecule has 0 N–H and O–H groups in total. The Hall–Kier alpha value is -5.60. The molecule has 0 unspecified atom stereocenters. The molecule has 0 bridgehead atoms. The van der Waals surface area contributed by atoms with Gasteiger partial charge >= 0.3 is 0 Å². The number of benzene rings is 7. The van der Waals surface area contributed by atoms with Gasteiger partial charge in [0.25, 0.3) is 0 Å². The van der Waals surface area contributed by atoms with E-state index in [9.17, 15) is 0 Å². The summed E-state index contributed by atoms with van der Waals surface area (Å²) in [5.74, 6) is 0. The first-order valence-corrected chi connectivity index (χ1v) is 14.4.